The molecule has 0 saturated heterocycles. The molecule has 0 aliphatic heterocycles. The van der Waals surface area contributed by atoms with Crippen molar-refractivity contribution in [3.8, 4) is 0 Å². The maximum absolute atomic E-state index is 15.6. The molecule has 0 radical (unpaired) electrons. The van der Waals surface area contributed by atoms with E-state index in [0.717, 1.165) is 31.5 Å². The smallest absolute Gasteiger partial charge is 0.265 e. The van der Waals surface area contributed by atoms with Crippen molar-refractivity contribution in [2.24, 2.45) is 0 Å². The molecule has 0 aliphatic rings. The number of nitrogens with two attached hydrogens (primary N) is 1. The van der Waals surface area contributed by atoms with E-state index in [1.54, 1.807) is 24.5 Å². The zero-order chi connectivity index (χ0) is 27.9. The highest BCUT2D eigenvalue weighted by atomic mass is 32.2. The lowest BCUT2D eigenvalue weighted by atomic mass is 9.96. The summed E-state index contributed by atoms with van der Waals surface area (Å²) < 4.78 is 70.7. The fraction of sp³-hybridized carbons (Fsp3) is 0.259. The third-order valence-electron chi connectivity index (χ3n) is 5.52. The highest BCUT2D eigenvalue weighted by molar-refractivity contribution is 7.92. The van der Waals surface area contributed by atoms with Crippen LogP contribution in [0, 0.1) is 22.9 Å². The molecular weight excluding hydrogens is 515 g/mol. The van der Waals surface area contributed by atoms with E-state index in [4.69, 9.17) is 5.41 Å². The minimum atomic E-state index is -4.65. The molecular formula is C27H31F3N5O2S+. The van der Waals surface area contributed by atoms with Gasteiger partial charge in [0.1, 0.15) is 28.5 Å². The summed E-state index contributed by atoms with van der Waals surface area (Å²) in [4.78, 5) is 3.35. The second kappa shape index (κ2) is 12.7. The van der Waals surface area contributed by atoms with Crippen molar-refractivity contribution in [2.45, 2.75) is 44.6 Å². The van der Waals surface area contributed by atoms with Crippen LogP contribution in [0.15, 0.2) is 65.8 Å². The Labute approximate surface area is 220 Å². The van der Waals surface area contributed by atoms with E-state index in [-0.39, 0.29) is 17.3 Å². The number of halogens is 3. The predicted molar refractivity (Wildman–Crippen MR) is 143 cm³/mol. The van der Waals surface area contributed by atoms with Gasteiger partial charge < -0.3 is 10.6 Å². The van der Waals surface area contributed by atoms with Crippen LogP contribution in [0.25, 0.3) is 5.57 Å². The Bertz CT molecular complexity index is 1440. The molecule has 5 N–H and O–H groups in total. The molecule has 0 fully saturated rings. The number of rotatable bonds is 12. The first-order valence-corrected chi connectivity index (χ1v) is 13.6. The third-order valence-corrected chi connectivity index (χ3v) is 6.90. The van der Waals surface area contributed by atoms with Crippen molar-refractivity contribution < 1.29 is 26.9 Å². The molecule has 0 atom stereocenters. The van der Waals surface area contributed by atoms with E-state index in [1.165, 1.54) is 12.1 Å². The van der Waals surface area contributed by atoms with Crippen LogP contribution >= 0.6 is 0 Å². The number of pyridine rings is 1. The molecule has 11 heteroatoms. The topological polar surface area (TPSA) is 112 Å². The molecule has 1 heterocycles. The van der Waals surface area contributed by atoms with Gasteiger partial charge in [0.2, 0.25) is 0 Å². The van der Waals surface area contributed by atoms with E-state index in [2.05, 4.69) is 17.2 Å². The monoisotopic (exact) mass is 546 g/mol. The first-order chi connectivity index (χ1) is 18.0. The van der Waals surface area contributed by atoms with E-state index in [9.17, 15) is 17.2 Å². The Morgan fingerprint density at radius 2 is 1.89 bits per heavy atom. The van der Waals surface area contributed by atoms with Gasteiger partial charge in [-0.3, -0.25) is 10.1 Å². The normalized spacial score (nSPS) is 12.0. The molecule has 3 rings (SSSR count). The number of hydrogen-bond donors (Lipinski definition) is 4. The first kappa shape index (κ1) is 28.9. The highest BCUT2D eigenvalue weighted by Gasteiger charge is 2.24. The van der Waals surface area contributed by atoms with Crippen LogP contribution in [-0.4, -0.2) is 31.7 Å². The van der Waals surface area contributed by atoms with Crippen molar-refractivity contribution in [3.05, 3.63) is 89.5 Å². The molecule has 1 aromatic heterocycles. The van der Waals surface area contributed by atoms with Gasteiger partial charge in [0.25, 0.3) is 10.0 Å². The highest BCUT2D eigenvalue weighted by Crippen LogP contribution is 2.27. The molecule has 38 heavy (non-hydrogen) atoms. The van der Waals surface area contributed by atoms with E-state index >= 15 is 4.39 Å². The van der Waals surface area contributed by atoms with Crippen LogP contribution in [0.2, 0.25) is 0 Å². The maximum atomic E-state index is 15.6. The second-order valence-corrected chi connectivity index (χ2v) is 10.6. The van der Waals surface area contributed by atoms with Gasteiger partial charge in [0, 0.05) is 18.3 Å². The van der Waals surface area contributed by atoms with E-state index < -0.39 is 38.1 Å². The van der Waals surface area contributed by atoms with Crippen molar-refractivity contribution in [3.63, 3.8) is 0 Å². The Kier molecular flexibility index (Phi) is 9.65. The maximum Gasteiger partial charge on any atom is 0.265 e. The molecule has 0 saturated carbocycles. The van der Waals surface area contributed by atoms with E-state index in [1.807, 2.05) is 23.9 Å². The number of hydrogen-bond acceptors (Lipinski definition) is 5. The van der Waals surface area contributed by atoms with Gasteiger partial charge in [-0.1, -0.05) is 19.4 Å². The Morgan fingerprint density at radius 3 is 2.61 bits per heavy atom. The van der Waals surface area contributed by atoms with E-state index in [0.29, 0.717) is 29.1 Å². The number of aromatic nitrogens is 1. The average Bonchev–Trinajstić information content (AvgIpc) is 2.87. The average molecular weight is 547 g/mol. The summed E-state index contributed by atoms with van der Waals surface area (Å²) in [5.74, 6) is -2.56. The molecule has 202 valence electrons. The summed E-state index contributed by atoms with van der Waals surface area (Å²) in [5, 5.41) is 13.9. The van der Waals surface area contributed by atoms with Gasteiger partial charge in [-0.15, -0.1) is 0 Å². The predicted octanol–water partition coefficient (Wildman–Crippen LogP) is 4.89. The van der Waals surface area contributed by atoms with Gasteiger partial charge in [0.05, 0.1) is 23.0 Å². The zero-order valence-electron chi connectivity index (χ0n) is 21.4. The molecule has 0 aliphatic carbocycles. The summed E-state index contributed by atoms with van der Waals surface area (Å²) in [6, 6.07) is 9.46. The second-order valence-electron chi connectivity index (χ2n) is 8.95. The van der Waals surface area contributed by atoms with Gasteiger partial charge in [0.15, 0.2) is 5.82 Å². The first-order valence-electron chi connectivity index (χ1n) is 12.1. The minimum Gasteiger partial charge on any atom is -0.370 e. The molecule has 7 nitrogen and oxygen atoms in total. The van der Waals surface area contributed by atoms with Crippen LogP contribution in [-0.2, 0) is 10.0 Å². The molecule has 0 spiro atoms. The fourth-order valence-corrected chi connectivity index (χ4v) is 4.68. The molecule has 0 amide bonds. The van der Waals surface area contributed by atoms with Gasteiger partial charge in [-0.25, -0.2) is 26.6 Å². The van der Waals surface area contributed by atoms with Crippen LogP contribution in [0.4, 0.5) is 24.7 Å². The quantitative estimate of drug-likeness (QED) is 0.191. The fourth-order valence-electron chi connectivity index (χ4n) is 3.53. The Hall–Kier alpha value is -3.70. The number of unbranched alkanes of at least 4 members (excludes halogenated alkanes) is 1. The van der Waals surface area contributed by atoms with Gasteiger partial charge >= 0.3 is 0 Å². The molecule has 2 aromatic carbocycles. The largest absolute Gasteiger partial charge is 0.370 e. The van der Waals surface area contributed by atoms with Crippen molar-refractivity contribution >= 4 is 32.8 Å². The number of sulfonamides is 1. The summed E-state index contributed by atoms with van der Waals surface area (Å²) in [6.07, 6.45) is 5.28. The number of nitrogens with zero attached hydrogens (tertiary/aromatic N) is 1. The Balaban J connectivity index is 1.99. The summed E-state index contributed by atoms with van der Waals surface area (Å²) in [7, 11) is -4.65. The number of anilines is 2. The molecule has 0 unspecified atom stereocenters. The Morgan fingerprint density at radius 1 is 1.13 bits per heavy atom. The number of benzene rings is 2. The minimum absolute atomic E-state index is 0.144. The lowest BCUT2D eigenvalue weighted by Gasteiger charge is -2.15. The summed E-state index contributed by atoms with van der Waals surface area (Å²) in [6.45, 7) is 6.73. The van der Waals surface area contributed by atoms with Gasteiger partial charge in [-0.2, -0.15) is 0 Å². The lowest BCUT2D eigenvalue weighted by Crippen LogP contribution is -2.83. The standard InChI is InChI=1S/C27H30F3N5O2S/c1-4-5-12-32-25-14-18(11-13-33-25)21(16-34-17(2)3)27(31)20-7-6-8-23(26(20)30)35-38(36,37)24-15-19(28)9-10-22(24)29/h6-11,13-17,31,34-35H,4-5,12H2,1-3H3,(H,32,33)/p+1. The van der Waals surface area contributed by atoms with Crippen LogP contribution in [0.1, 0.15) is 44.7 Å². The van der Waals surface area contributed by atoms with Crippen molar-refractivity contribution in [1.29, 1.82) is 5.41 Å². The number of nitrogens with one attached hydrogen (secondary N) is 3. The lowest BCUT2D eigenvalue weighted by molar-refractivity contribution is -0.618. The summed E-state index contributed by atoms with van der Waals surface area (Å²) in [5.41, 5.74) is 0.149. The number of quaternary nitrogens is 1. The van der Waals surface area contributed by atoms with Crippen LogP contribution < -0.4 is 15.4 Å². The van der Waals surface area contributed by atoms with Crippen LogP contribution in [0.5, 0.6) is 0 Å². The SMILES string of the molecule is CCCCNc1cc(C(=C[NH2+]C(C)C)C(=N)c2cccc(NS(=O)(=O)c3cc(F)ccc3F)c2F)ccn1. The third kappa shape index (κ3) is 7.20. The van der Waals surface area contributed by atoms with Crippen molar-refractivity contribution in [2.75, 3.05) is 16.6 Å². The zero-order valence-corrected chi connectivity index (χ0v) is 22.2. The number of allylic oxidation sites excluding steroid dienone is 1. The molecule has 3 aromatic rings. The van der Waals surface area contributed by atoms with Crippen LogP contribution in [0.3, 0.4) is 0 Å². The van der Waals surface area contributed by atoms with Gasteiger partial charge in [-0.05, 0) is 68.3 Å². The summed E-state index contributed by atoms with van der Waals surface area (Å²) >= 11 is 0. The van der Waals surface area contributed by atoms with Crippen molar-refractivity contribution in [1.82, 2.24) is 4.98 Å². The molecule has 0 bridgehead atoms.